The Hall–Kier alpha value is -4.66. The number of esters is 1. The van der Waals surface area contributed by atoms with Gasteiger partial charge in [0.25, 0.3) is 0 Å². The maximum Gasteiger partial charge on any atom is 0.343 e. The van der Waals surface area contributed by atoms with Gasteiger partial charge >= 0.3 is 5.97 Å². The smallest absolute Gasteiger partial charge is 0.343 e. The largest absolute Gasteiger partial charge is 0.496 e. The lowest BCUT2D eigenvalue weighted by molar-refractivity contribution is 0.0734. The Balaban J connectivity index is 1.42. The number of hydrogen-bond acceptors (Lipinski definition) is 9. The second-order valence-electron chi connectivity index (χ2n) is 7.96. The number of carbonyl (C=O) groups excluding carboxylic acids is 2. The number of hydrogen-bond donors (Lipinski definition) is 0. The van der Waals surface area contributed by atoms with E-state index in [0.29, 0.717) is 56.8 Å². The minimum atomic E-state index is -0.581. The zero-order valence-corrected chi connectivity index (χ0v) is 20.0. The third-order valence-corrected chi connectivity index (χ3v) is 5.78. The molecule has 0 N–H and O–H groups in total. The summed E-state index contributed by atoms with van der Waals surface area (Å²) in [6, 6.07) is 11.3. The number of benzene rings is 3. The summed E-state index contributed by atoms with van der Waals surface area (Å²) in [5.74, 6) is 2.23. The highest BCUT2D eigenvalue weighted by molar-refractivity contribution is 6.15. The first-order chi connectivity index (χ1) is 17.4. The molecule has 36 heavy (non-hydrogen) atoms. The van der Waals surface area contributed by atoms with E-state index in [9.17, 15) is 9.59 Å². The van der Waals surface area contributed by atoms with Crippen molar-refractivity contribution in [1.29, 1.82) is 0 Å². The number of Topliss-reactive ketones (excluding diaryl/α,β-unsaturated/α-hetero) is 1. The summed E-state index contributed by atoms with van der Waals surface area (Å²) in [6.07, 6.45) is 1.57. The topological polar surface area (TPSA) is 98.8 Å². The lowest BCUT2D eigenvalue weighted by Crippen LogP contribution is -2.08. The molecule has 0 fully saturated rings. The number of carbonyl (C=O) groups is 2. The summed E-state index contributed by atoms with van der Waals surface area (Å²) < 4.78 is 38.1. The zero-order valence-electron chi connectivity index (χ0n) is 20.0. The van der Waals surface area contributed by atoms with E-state index in [1.54, 1.807) is 49.4 Å². The quantitative estimate of drug-likeness (QED) is 0.279. The molecule has 2 heterocycles. The van der Waals surface area contributed by atoms with E-state index in [1.165, 1.54) is 27.4 Å². The van der Waals surface area contributed by atoms with Crippen molar-refractivity contribution in [1.82, 2.24) is 0 Å². The van der Waals surface area contributed by atoms with E-state index < -0.39 is 5.97 Å². The van der Waals surface area contributed by atoms with E-state index in [2.05, 4.69) is 0 Å². The van der Waals surface area contributed by atoms with Crippen LogP contribution >= 0.6 is 0 Å². The minimum absolute atomic E-state index is 0.0952. The molecule has 9 nitrogen and oxygen atoms in total. The SMILES string of the molecule is COc1cc(OC)c(OC)cc1/C=C1\Oc2cc(OC(=O)c3ccc4c(c3)OCO4)cc(C)c2C1=O. The van der Waals surface area contributed by atoms with Gasteiger partial charge in [-0.05, 0) is 48.9 Å². The maximum atomic E-state index is 13.1. The van der Waals surface area contributed by atoms with Crippen LogP contribution in [-0.4, -0.2) is 39.9 Å². The van der Waals surface area contributed by atoms with Crippen molar-refractivity contribution in [2.75, 3.05) is 28.1 Å². The van der Waals surface area contributed by atoms with Crippen molar-refractivity contribution < 1.29 is 42.7 Å². The van der Waals surface area contributed by atoms with Gasteiger partial charge in [0.1, 0.15) is 17.2 Å². The molecule has 0 bridgehead atoms. The van der Waals surface area contributed by atoms with Crippen LogP contribution in [-0.2, 0) is 0 Å². The summed E-state index contributed by atoms with van der Waals surface area (Å²) in [7, 11) is 4.56. The molecule has 184 valence electrons. The molecule has 0 spiro atoms. The average molecular weight is 490 g/mol. The van der Waals surface area contributed by atoms with Crippen LogP contribution in [0.15, 0.2) is 48.2 Å². The van der Waals surface area contributed by atoms with Gasteiger partial charge in [0.05, 0.1) is 32.5 Å². The van der Waals surface area contributed by atoms with Crippen molar-refractivity contribution in [3.63, 3.8) is 0 Å². The van der Waals surface area contributed by atoms with Gasteiger partial charge in [-0.25, -0.2) is 4.79 Å². The third-order valence-electron chi connectivity index (χ3n) is 5.78. The normalized spacial score (nSPS) is 14.3. The van der Waals surface area contributed by atoms with Gasteiger partial charge in [-0.2, -0.15) is 0 Å². The summed E-state index contributed by atoms with van der Waals surface area (Å²) >= 11 is 0. The van der Waals surface area contributed by atoms with Crippen molar-refractivity contribution in [3.05, 3.63) is 70.5 Å². The molecule has 0 aliphatic carbocycles. The van der Waals surface area contributed by atoms with Crippen molar-refractivity contribution in [2.45, 2.75) is 6.92 Å². The maximum absolute atomic E-state index is 13.1. The van der Waals surface area contributed by atoms with Crippen molar-refractivity contribution in [2.24, 2.45) is 0 Å². The summed E-state index contributed by atoms with van der Waals surface area (Å²) in [4.78, 5) is 25.8. The monoisotopic (exact) mass is 490 g/mol. The second-order valence-corrected chi connectivity index (χ2v) is 7.96. The van der Waals surface area contributed by atoms with Crippen LogP contribution in [0, 0.1) is 6.92 Å². The Kier molecular flexibility index (Phi) is 5.89. The van der Waals surface area contributed by atoms with E-state index in [4.69, 9.17) is 33.2 Å². The molecule has 0 saturated heterocycles. The number of aryl methyl sites for hydroxylation is 1. The highest BCUT2D eigenvalue weighted by atomic mass is 16.7. The zero-order chi connectivity index (χ0) is 25.4. The Morgan fingerprint density at radius 3 is 2.33 bits per heavy atom. The van der Waals surface area contributed by atoms with Gasteiger partial charge in [-0.15, -0.1) is 0 Å². The number of methoxy groups -OCH3 is 3. The van der Waals surface area contributed by atoms with Gasteiger partial charge in [0.15, 0.2) is 28.8 Å². The van der Waals surface area contributed by atoms with E-state index >= 15 is 0 Å². The van der Waals surface area contributed by atoms with E-state index in [-0.39, 0.29) is 24.1 Å². The first-order valence-electron chi connectivity index (χ1n) is 10.9. The molecule has 3 aromatic rings. The van der Waals surface area contributed by atoms with Gasteiger partial charge in [-0.1, -0.05) is 0 Å². The first-order valence-corrected chi connectivity index (χ1v) is 10.9. The number of ketones is 1. The van der Waals surface area contributed by atoms with Gasteiger partial charge in [-0.3, -0.25) is 4.79 Å². The predicted octanol–water partition coefficient (Wildman–Crippen LogP) is 4.58. The fourth-order valence-electron chi connectivity index (χ4n) is 4.03. The number of ether oxygens (including phenoxy) is 7. The number of fused-ring (bicyclic) bond motifs is 2. The first kappa shape index (κ1) is 23.1. The molecule has 2 aliphatic heterocycles. The molecular formula is C27H22O9. The summed E-state index contributed by atoms with van der Waals surface area (Å²) in [5.41, 5.74) is 1.87. The highest BCUT2D eigenvalue weighted by Gasteiger charge is 2.31. The average Bonchev–Trinajstić information content (AvgIpc) is 3.47. The number of allylic oxidation sites excluding steroid dienone is 1. The Labute approximate surface area is 206 Å². The van der Waals surface area contributed by atoms with E-state index in [1.807, 2.05) is 0 Å². The fourth-order valence-corrected chi connectivity index (χ4v) is 4.03. The van der Waals surface area contributed by atoms with Gasteiger partial charge < -0.3 is 33.2 Å². The molecule has 0 unspecified atom stereocenters. The van der Waals surface area contributed by atoms with Crippen LogP contribution in [0.1, 0.15) is 31.8 Å². The van der Waals surface area contributed by atoms with Crippen LogP contribution in [0.2, 0.25) is 0 Å². The van der Waals surface area contributed by atoms with Crippen LogP contribution in [0.3, 0.4) is 0 Å². The molecule has 2 aliphatic rings. The highest BCUT2D eigenvalue weighted by Crippen LogP contribution is 2.40. The van der Waals surface area contributed by atoms with Gasteiger partial charge in [0, 0.05) is 17.7 Å². The van der Waals surface area contributed by atoms with Crippen LogP contribution in [0.4, 0.5) is 0 Å². The van der Waals surface area contributed by atoms with Crippen LogP contribution in [0.5, 0.6) is 40.2 Å². The van der Waals surface area contributed by atoms with Crippen molar-refractivity contribution in [3.8, 4) is 40.2 Å². The molecule has 0 amide bonds. The molecule has 0 radical (unpaired) electrons. The Morgan fingerprint density at radius 2 is 1.58 bits per heavy atom. The van der Waals surface area contributed by atoms with E-state index in [0.717, 1.165) is 0 Å². The second kappa shape index (κ2) is 9.18. The molecule has 9 heteroatoms. The molecule has 0 saturated carbocycles. The fraction of sp³-hybridized carbons (Fsp3) is 0.185. The van der Waals surface area contributed by atoms with Crippen LogP contribution in [0.25, 0.3) is 6.08 Å². The molecular weight excluding hydrogens is 468 g/mol. The number of rotatable bonds is 6. The Morgan fingerprint density at radius 1 is 0.861 bits per heavy atom. The lowest BCUT2D eigenvalue weighted by Gasteiger charge is -2.12. The van der Waals surface area contributed by atoms with Gasteiger partial charge in [0.2, 0.25) is 12.6 Å². The molecule has 0 atom stereocenters. The molecule has 5 rings (SSSR count). The molecule has 3 aromatic carbocycles. The summed E-state index contributed by atoms with van der Waals surface area (Å²) in [5, 5.41) is 0. The standard InChI is InChI=1S/C27H22O9/c1-14-7-17(35-27(29)15-5-6-18-22(8-15)34-13-33-18)11-23-25(14)26(28)24(36-23)10-16-9-20(31-3)21(32-4)12-19(16)30-2/h5-12H,13H2,1-4H3/b24-10-. The predicted molar refractivity (Wildman–Crippen MR) is 128 cm³/mol. The Bertz CT molecular complexity index is 1420. The minimum Gasteiger partial charge on any atom is -0.496 e. The van der Waals surface area contributed by atoms with Crippen LogP contribution < -0.4 is 33.2 Å². The summed E-state index contributed by atoms with van der Waals surface area (Å²) in [6.45, 7) is 1.85. The molecule has 0 aromatic heterocycles. The third kappa shape index (κ3) is 4.04. The lowest BCUT2D eigenvalue weighted by atomic mass is 10.0. The van der Waals surface area contributed by atoms with Crippen molar-refractivity contribution >= 4 is 17.8 Å².